The lowest BCUT2D eigenvalue weighted by atomic mass is 10.1. The first-order valence-electron chi connectivity index (χ1n) is 6.46. The summed E-state index contributed by atoms with van der Waals surface area (Å²) < 4.78 is 5.52. The van der Waals surface area contributed by atoms with E-state index in [1.165, 1.54) is 0 Å². The molecule has 0 aromatic heterocycles. The van der Waals surface area contributed by atoms with Crippen molar-refractivity contribution in [1.82, 2.24) is 0 Å². The molecule has 0 saturated carbocycles. The summed E-state index contributed by atoms with van der Waals surface area (Å²) in [5.41, 5.74) is 8.44. The van der Waals surface area contributed by atoms with E-state index in [0.29, 0.717) is 12.3 Å². The van der Waals surface area contributed by atoms with Crippen LogP contribution in [0.5, 0.6) is 5.75 Å². The van der Waals surface area contributed by atoms with Gasteiger partial charge in [-0.2, -0.15) is 0 Å². The predicted molar refractivity (Wildman–Crippen MR) is 79.6 cm³/mol. The highest BCUT2D eigenvalue weighted by Crippen LogP contribution is 2.19. The molecule has 2 aromatic carbocycles. The number of ether oxygens (including phenoxy) is 1. The smallest absolute Gasteiger partial charge is 0.262 e. The molecule has 3 N–H and O–H groups in total. The molecule has 2 aromatic rings. The van der Waals surface area contributed by atoms with Crippen molar-refractivity contribution in [2.75, 3.05) is 11.9 Å². The number of nitrogens with two attached hydrogens (primary N) is 1. The van der Waals surface area contributed by atoms with Gasteiger partial charge in [0, 0.05) is 17.8 Å². The van der Waals surface area contributed by atoms with Crippen molar-refractivity contribution < 1.29 is 9.53 Å². The fourth-order valence-corrected chi connectivity index (χ4v) is 1.87. The number of hydrogen-bond acceptors (Lipinski definition) is 3. The second-order valence-electron chi connectivity index (χ2n) is 4.52. The van der Waals surface area contributed by atoms with Crippen LogP contribution >= 0.6 is 0 Å². The molecule has 0 aliphatic rings. The second-order valence-corrected chi connectivity index (χ2v) is 4.52. The number of rotatable bonds is 5. The van der Waals surface area contributed by atoms with E-state index in [9.17, 15) is 4.79 Å². The van der Waals surface area contributed by atoms with Crippen LogP contribution < -0.4 is 15.8 Å². The molecule has 0 unspecified atom stereocenters. The van der Waals surface area contributed by atoms with Crippen LogP contribution in [0.25, 0.3) is 0 Å². The summed E-state index contributed by atoms with van der Waals surface area (Å²) in [6.45, 7) is 2.34. The second kappa shape index (κ2) is 6.73. The molecule has 0 aliphatic heterocycles. The van der Waals surface area contributed by atoms with E-state index in [1.54, 1.807) is 0 Å². The van der Waals surface area contributed by atoms with Crippen molar-refractivity contribution in [2.24, 2.45) is 5.73 Å². The van der Waals surface area contributed by atoms with E-state index in [4.69, 9.17) is 10.5 Å². The van der Waals surface area contributed by atoms with Gasteiger partial charge >= 0.3 is 0 Å². The number of amides is 1. The molecule has 0 spiro atoms. The van der Waals surface area contributed by atoms with Crippen LogP contribution in [0.4, 0.5) is 5.69 Å². The van der Waals surface area contributed by atoms with Gasteiger partial charge in [0.1, 0.15) is 5.75 Å². The van der Waals surface area contributed by atoms with Crippen molar-refractivity contribution in [1.29, 1.82) is 0 Å². The first-order valence-corrected chi connectivity index (χ1v) is 6.46. The summed E-state index contributed by atoms with van der Waals surface area (Å²) in [6, 6.07) is 15.0. The summed E-state index contributed by atoms with van der Waals surface area (Å²) in [7, 11) is 0. The zero-order valence-corrected chi connectivity index (χ0v) is 11.4. The highest BCUT2D eigenvalue weighted by molar-refractivity contribution is 5.91. The minimum absolute atomic E-state index is 0.0368. The molecule has 1 amide bonds. The Morgan fingerprint density at radius 2 is 1.95 bits per heavy atom. The van der Waals surface area contributed by atoms with Gasteiger partial charge in [0.25, 0.3) is 5.91 Å². The average molecular weight is 270 g/mol. The molecule has 4 nitrogen and oxygen atoms in total. The molecule has 0 bridgehead atoms. The first kappa shape index (κ1) is 14.1. The Labute approximate surface area is 118 Å². The lowest BCUT2D eigenvalue weighted by molar-refractivity contribution is -0.118. The quantitative estimate of drug-likeness (QED) is 0.877. The van der Waals surface area contributed by atoms with Gasteiger partial charge in [0.15, 0.2) is 6.61 Å². The van der Waals surface area contributed by atoms with Gasteiger partial charge in [-0.1, -0.05) is 35.9 Å². The van der Waals surface area contributed by atoms with Crippen molar-refractivity contribution >= 4 is 11.6 Å². The number of aryl methyl sites for hydroxylation is 1. The number of para-hydroxylation sites is 1. The van der Waals surface area contributed by atoms with E-state index in [0.717, 1.165) is 16.8 Å². The lowest BCUT2D eigenvalue weighted by Crippen LogP contribution is -2.20. The van der Waals surface area contributed by atoms with Crippen molar-refractivity contribution in [3.63, 3.8) is 0 Å². The van der Waals surface area contributed by atoms with Gasteiger partial charge in [-0.3, -0.25) is 4.79 Å². The number of hydrogen-bond donors (Lipinski definition) is 2. The lowest BCUT2D eigenvalue weighted by Gasteiger charge is -2.11. The Balaban J connectivity index is 1.93. The fraction of sp³-hybridized carbons (Fsp3) is 0.188. The van der Waals surface area contributed by atoms with Crippen LogP contribution in [0, 0.1) is 6.92 Å². The molecule has 0 aliphatic carbocycles. The largest absolute Gasteiger partial charge is 0.483 e. The molecule has 2 rings (SSSR count). The minimum atomic E-state index is -0.195. The molecule has 104 valence electrons. The van der Waals surface area contributed by atoms with Crippen molar-refractivity contribution in [2.45, 2.75) is 13.5 Å². The van der Waals surface area contributed by atoms with E-state index in [1.807, 2.05) is 55.5 Å². The zero-order valence-electron chi connectivity index (χ0n) is 11.4. The number of nitrogens with one attached hydrogen (secondary N) is 1. The Morgan fingerprint density at radius 3 is 2.65 bits per heavy atom. The van der Waals surface area contributed by atoms with Crippen LogP contribution in [0.3, 0.4) is 0 Å². The summed E-state index contributed by atoms with van der Waals surface area (Å²) in [6.07, 6.45) is 0. The van der Waals surface area contributed by atoms with Crippen LogP contribution in [0.15, 0.2) is 48.5 Å². The number of carbonyl (C=O) groups is 1. The van der Waals surface area contributed by atoms with Crippen LogP contribution in [0.1, 0.15) is 11.1 Å². The predicted octanol–water partition coefficient (Wildman–Crippen LogP) is 2.47. The molecule has 20 heavy (non-hydrogen) atoms. The maximum Gasteiger partial charge on any atom is 0.262 e. The monoisotopic (exact) mass is 270 g/mol. The Bertz CT molecular complexity index is 582. The molecule has 0 fully saturated rings. The highest BCUT2D eigenvalue weighted by Gasteiger charge is 2.06. The van der Waals surface area contributed by atoms with Crippen molar-refractivity contribution in [3.05, 3.63) is 59.7 Å². The van der Waals surface area contributed by atoms with Gasteiger partial charge < -0.3 is 15.8 Å². The SMILES string of the molecule is Cc1ccc(OCC(=O)Nc2ccccc2)c(CN)c1. The zero-order chi connectivity index (χ0) is 14.4. The Hall–Kier alpha value is -2.33. The summed E-state index contributed by atoms with van der Waals surface area (Å²) in [5.74, 6) is 0.459. The standard InChI is InChI=1S/C16H18N2O2/c1-12-7-8-15(13(9-12)10-17)20-11-16(19)18-14-5-3-2-4-6-14/h2-9H,10-11,17H2,1H3,(H,18,19). The van der Waals surface area contributed by atoms with Crippen molar-refractivity contribution in [3.8, 4) is 5.75 Å². The van der Waals surface area contributed by atoms with E-state index < -0.39 is 0 Å². The average Bonchev–Trinajstić information content (AvgIpc) is 2.47. The van der Waals surface area contributed by atoms with Crippen LogP contribution in [-0.4, -0.2) is 12.5 Å². The molecule has 0 atom stereocenters. The summed E-state index contributed by atoms with van der Waals surface area (Å²) in [4.78, 5) is 11.8. The highest BCUT2D eigenvalue weighted by atomic mass is 16.5. The topological polar surface area (TPSA) is 64.3 Å². The number of benzene rings is 2. The molecule has 4 heteroatoms. The third-order valence-electron chi connectivity index (χ3n) is 2.85. The van der Waals surface area contributed by atoms with Gasteiger partial charge in [0.2, 0.25) is 0 Å². The third-order valence-corrected chi connectivity index (χ3v) is 2.85. The van der Waals surface area contributed by atoms with Gasteiger partial charge in [-0.25, -0.2) is 0 Å². The summed E-state index contributed by atoms with van der Waals surface area (Å²) >= 11 is 0. The Kier molecular flexibility index (Phi) is 4.74. The maximum absolute atomic E-state index is 11.8. The van der Waals surface area contributed by atoms with E-state index in [-0.39, 0.29) is 12.5 Å². The molecule has 0 heterocycles. The molecule has 0 radical (unpaired) electrons. The van der Waals surface area contributed by atoms with Gasteiger partial charge in [-0.15, -0.1) is 0 Å². The third kappa shape index (κ3) is 3.83. The van der Waals surface area contributed by atoms with Crippen LogP contribution in [0.2, 0.25) is 0 Å². The molecular weight excluding hydrogens is 252 g/mol. The van der Waals surface area contributed by atoms with E-state index in [2.05, 4.69) is 5.32 Å². The first-order chi connectivity index (χ1) is 9.69. The minimum Gasteiger partial charge on any atom is -0.483 e. The number of carbonyl (C=O) groups excluding carboxylic acids is 1. The van der Waals surface area contributed by atoms with Crippen LogP contribution in [-0.2, 0) is 11.3 Å². The Morgan fingerprint density at radius 1 is 1.20 bits per heavy atom. The number of anilines is 1. The summed E-state index contributed by atoms with van der Waals surface area (Å²) in [5, 5.41) is 2.77. The normalized spacial score (nSPS) is 10.1. The van der Waals surface area contributed by atoms with Gasteiger partial charge in [-0.05, 0) is 25.1 Å². The maximum atomic E-state index is 11.8. The molecule has 0 saturated heterocycles. The fourth-order valence-electron chi connectivity index (χ4n) is 1.87. The van der Waals surface area contributed by atoms with Gasteiger partial charge in [0.05, 0.1) is 0 Å². The van der Waals surface area contributed by atoms with E-state index >= 15 is 0 Å². The molecular formula is C16H18N2O2.